The van der Waals surface area contributed by atoms with Gasteiger partial charge in [-0.25, -0.2) is 0 Å². The largest absolute Gasteiger partial charge is 0.491 e. The third-order valence-corrected chi connectivity index (χ3v) is 2.46. The molecule has 0 N–H and O–H groups in total. The minimum atomic E-state index is 0.221. The molecule has 1 aromatic rings. The normalized spacial score (nSPS) is 11.9. The van der Waals surface area contributed by atoms with Crippen LogP contribution in [-0.2, 0) is 0 Å². The number of hydrogen-bond donors (Lipinski definition) is 0. The topological polar surface area (TPSA) is 9.23 Å². The predicted octanol–water partition coefficient (Wildman–Crippen LogP) is 4.51. The highest BCUT2D eigenvalue weighted by atomic mass is 35.5. The molecule has 0 radical (unpaired) electrons. The van der Waals surface area contributed by atoms with E-state index in [-0.39, 0.29) is 6.10 Å². The smallest absolute Gasteiger partial charge is 0.119 e. The SMILES string of the molecule is C/C(=C\CCCl)c1ccc(OC(C)C)cc1. The van der Waals surface area contributed by atoms with Gasteiger partial charge in [0, 0.05) is 5.88 Å². The molecule has 0 spiro atoms. The van der Waals surface area contributed by atoms with Crippen molar-refractivity contribution in [1.29, 1.82) is 0 Å². The number of alkyl halides is 1. The van der Waals surface area contributed by atoms with Crippen molar-refractivity contribution in [2.45, 2.75) is 33.3 Å². The molecule has 0 saturated heterocycles. The average molecular weight is 239 g/mol. The van der Waals surface area contributed by atoms with Crippen molar-refractivity contribution in [3.63, 3.8) is 0 Å². The van der Waals surface area contributed by atoms with Gasteiger partial charge in [0.25, 0.3) is 0 Å². The lowest BCUT2D eigenvalue weighted by Gasteiger charge is -2.10. The summed E-state index contributed by atoms with van der Waals surface area (Å²) in [5.41, 5.74) is 2.48. The van der Waals surface area contributed by atoms with E-state index in [1.165, 1.54) is 11.1 Å². The highest BCUT2D eigenvalue weighted by molar-refractivity contribution is 6.17. The van der Waals surface area contributed by atoms with Gasteiger partial charge in [0.1, 0.15) is 5.75 Å². The lowest BCUT2D eigenvalue weighted by atomic mass is 10.1. The van der Waals surface area contributed by atoms with Gasteiger partial charge in [-0.3, -0.25) is 0 Å². The first kappa shape index (κ1) is 13.1. The minimum Gasteiger partial charge on any atom is -0.491 e. The van der Waals surface area contributed by atoms with E-state index in [0.29, 0.717) is 5.88 Å². The number of benzene rings is 1. The van der Waals surface area contributed by atoms with E-state index in [0.717, 1.165) is 12.2 Å². The van der Waals surface area contributed by atoms with Crippen LogP contribution in [0.5, 0.6) is 5.75 Å². The predicted molar refractivity (Wildman–Crippen MR) is 71.2 cm³/mol. The molecule has 0 aliphatic rings. The Morgan fingerprint density at radius 2 is 1.94 bits per heavy atom. The number of hydrogen-bond acceptors (Lipinski definition) is 1. The Labute approximate surface area is 103 Å². The van der Waals surface area contributed by atoms with Crippen molar-refractivity contribution < 1.29 is 4.74 Å². The summed E-state index contributed by atoms with van der Waals surface area (Å²) in [5, 5.41) is 0. The first-order chi connectivity index (χ1) is 7.63. The molecule has 2 heteroatoms. The number of ether oxygens (including phenoxy) is 1. The summed E-state index contributed by atoms with van der Waals surface area (Å²) in [6, 6.07) is 8.18. The molecule has 0 atom stereocenters. The van der Waals surface area contributed by atoms with Crippen LogP contribution in [0.3, 0.4) is 0 Å². The molecule has 1 aromatic carbocycles. The second-order valence-corrected chi connectivity index (χ2v) is 4.43. The maximum Gasteiger partial charge on any atom is 0.119 e. The van der Waals surface area contributed by atoms with Gasteiger partial charge in [-0.2, -0.15) is 0 Å². The molecule has 0 aromatic heterocycles. The van der Waals surface area contributed by atoms with Crippen LogP contribution in [0.15, 0.2) is 30.3 Å². The fraction of sp³-hybridized carbons (Fsp3) is 0.429. The molecule has 0 fully saturated rings. The van der Waals surface area contributed by atoms with Crippen molar-refractivity contribution in [3.05, 3.63) is 35.9 Å². The van der Waals surface area contributed by atoms with Crippen molar-refractivity contribution in [3.8, 4) is 5.75 Å². The van der Waals surface area contributed by atoms with Crippen molar-refractivity contribution in [2.24, 2.45) is 0 Å². The molecule has 0 bridgehead atoms. The lowest BCUT2D eigenvalue weighted by molar-refractivity contribution is 0.242. The first-order valence-electron chi connectivity index (χ1n) is 5.63. The van der Waals surface area contributed by atoms with Crippen LogP contribution in [0.4, 0.5) is 0 Å². The molecule has 1 nitrogen and oxygen atoms in total. The van der Waals surface area contributed by atoms with E-state index in [2.05, 4.69) is 25.1 Å². The first-order valence-corrected chi connectivity index (χ1v) is 6.16. The second-order valence-electron chi connectivity index (χ2n) is 4.06. The number of rotatable bonds is 5. The zero-order chi connectivity index (χ0) is 12.0. The summed E-state index contributed by atoms with van der Waals surface area (Å²) in [4.78, 5) is 0. The molecule has 0 amide bonds. The van der Waals surface area contributed by atoms with Gasteiger partial charge in [0.05, 0.1) is 6.10 Å². The van der Waals surface area contributed by atoms with Crippen LogP contribution in [0, 0.1) is 0 Å². The Hall–Kier alpha value is -0.950. The summed E-state index contributed by atoms with van der Waals surface area (Å²) >= 11 is 5.65. The lowest BCUT2D eigenvalue weighted by Crippen LogP contribution is -2.05. The summed E-state index contributed by atoms with van der Waals surface area (Å²) in [5.74, 6) is 1.59. The Bertz CT molecular complexity index is 338. The van der Waals surface area contributed by atoms with Gasteiger partial charge >= 0.3 is 0 Å². The Kier molecular flexibility index (Phi) is 5.41. The van der Waals surface area contributed by atoms with E-state index in [1.54, 1.807) is 0 Å². The van der Waals surface area contributed by atoms with Gasteiger partial charge in [0.2, 0.25) is 0 Å². The van der Waals surface area contributed by atoms with E-state index >= 15 is 0 Å². The van der Waals surface area contributed by atoms with Crippen LogP contribution >= 0.6 is 11.6 Å². The maximum atomic E-state index is 5.65. The zero-order valence-electron chi connectivity index (χ0n) is 10.2. The van der Waals surface area contributed by atoms with Crippen molar-refractivity contribution in [2.75, 3.05) is 5.88 Å². The van der Waals surface area contributed by atoms with Gasteiger partial charge in [-0.05, 0) is 50.5 Å². The van der Waals surface area contributed by atoms with E-state index in [1.807, 2.05) is 26.0 Å². The Morgan fingerprint density at radius 1 is 1.31 bits per heavy atom. The number of halogens is 1. The van der Waals surface area contributed by atoms with Gasteiger partial charge in [-0.15, -0.1) is 11.6 Å². The van der Waals surface area contributed by atoms with Crippen LogP contribution in [0.2, 0.25) is 0 Å². The zero-order valence-corrected chi connectivity index (χ0v) is 10.9. The van der Waals surface area contributed by atoms with Crippen molar-refractivity contribution in [1.82, 2.24) is 0 Å². The quantitative estimate of drug-likeness (QED) is 0.686. The summed E-state index contributed by atoms with van der Waals surface area (Å²) in [7, 11) is 0. The van der Waals surface area contributed by atoms with Gasteiger partial charge in [0.15, 0.2) is 0 Å². The molecule has 1 rings (SSSR count). The molecule has 0 aliphatic heterocycles. The van der Waals surface area contributed by atoms with Crippen LogP contribution in [-0.4, -0.2) is 12.0 Å². The third-order valence-electron chi connectivity index (χ3n) is 2.24. The van der Waals surface area contributed by atoms with Gasteiger partial charge in [-0.1, -0.05) is 18.2 Å². The standard InChI is InChI=1S/C14H19ClO/c1-11(2)16-14-8-6-13(7-9-14)12(3)5-4-10-15/h5-9,11H,4,10H2,1-3H3/b12-5+. The van der Waals surface area contributed by atoms with Crippen molar-refractivity contribution >= 4 is 17.2 Å². The maximum absolute atomic E-state index is 5.65. The average Bonchev–Trinajstić information content (AvgIpc) is 2.26. The molecule has 0 saturated carbocycles. The van der Waals surface area contributed by atoms with Crippen LogP contribution in [0.1, 0.15) is 32.8 Å². The summed E-state index contributed by atoms with van der Waals surface area (Å²) < 4.78 is 5.59. The molecular weight excluding hydrogens is 220 g/mol. The van der Waals surface area contributed by atoms with E-state index in [9.17, 15) is 0 Å². The molecular formula is C14H19ClO. The van der Waals surface area contributed by atoms with Crippen LogP contribution in [0.25, 0.3) is 5.57 Å². The summed E-state index contributed by atoms with van der Waals surface area (Å²) in [6.07, 6.45) is 3.29. The molecule has 0 unspecified atom stereocenters. The third kappa shape index (κ3) is 4.28. The minimum absolute atomic E-state index is 0.221. The molecule has 0 aliphatic carbocycles. The fourth-order valence-corrected chi connectivity index (χ4v) is 1.57. The Morgan fingerprint density at radius 3 is 2.44 bits per heavy atom. The van der Waals surface area contributed by atoms with Crippen LogP contribution < -0.4 is 4.74 Å². The second kappa shape index (κ2) is 6.59. The molecule has 88 valence electrons. The highest BCUT2D eigenvalue weighted by Gasteiger charge is 1.99. The van der Waals surface area contributed by atoms with E-state index in [4.69, 9.17) is 16.3 Å². The Balaban J connectivity index is 2.70. The highest BCUT2D eigenvalue weighted by Crippen LogP contribution is 2.19. The molecule has 16 heavy (non-hydrogen) atoms. The van der Waals surface area contributed by atoms with E-state index < -0.39 is 0 Å². The summed E-state index contributed by atoms with van der Waals surface area (Å²) in [6.45, 7) is 6.16. The molecule has 0 heterocycles. The monoisotopic (exact) mass is 238 g/mol. The number of allylic oxidation sites excluding steroid dienone is 2. The van der Waals surface area contributed by atoms with Gasteiger partial charge < -0.3 is 4.74 Å². The fourth-order valence-electron chi connectivity index (χ4n) is 1.46.